The second-order valence-electron chi connectivity index (χ2n) is 4.37. The van der Waals surface area contributed by atoms with E-state index in [1.165, 1.54) is 0 Å². The number of carbonyl (C=O) groups excluding carboxylic acids is 1. The molecular formula is C14H18N4O2. The molecule has 0 saturated carbocycles. The average Bonchev–Trinajstić information content (AvgIpc) is 2.93. The van der Waals surface area contributed by atoms with Crippen LogP contribution in [0.5, 0.6) is 0 Å². The second kappa shape index (κ2) is 6.18. The maximum Gasteiger partial charge on any atom is 0.251 e. The molecule has 0 atom stereocenters. The van der Waals surface area contributed by atoms with Crippen molar-refractivity contribution in [3.63, 3.8) is 0 Å². The molecule has 1 aromatic carbocycles. The number of aromatic nitrogens is 2. The van der Waals surface area contributed by atoms with Crippen molar-refractivity contribution in [1.29, 1.82) is 0 Å². The Labute approximate surface area is 117 Å². The smallest absolute Gasteiger partial charge is 0.251 e. The first-order chi connectivity index (χ1) is 9.65. The van der Waals surface area contributed by atoms with Gasteiger partial charge in [-0.1, -0.05) is 18.1 Å². The van der Waals surface area contributed by atoms with E-state index in [2.05, 4.69) is 20.8 Å². The number of carbonyl (C=O) groups is 1. The zero-order valence-corrected chi connectivity index (χ0v) is 11.9. The number of aryl methyl sites for hydroxylation is 1. The number of anilines is 1. The summed E-state index contributed by atoms with van der Waals surface area (Å²) in [7, 11) is 1.62. The molecule has 1 amide bonds. The van der Waals surface area contributed by atoms with E-state index in [0.717, 1.165) is 17.7 Å². The Hall–Kier alpha value is -2.37. The number of nitrogens with zero attached hydrogens (tertiary/aromatic N) is 2. The summed E-state index contributed by atoms with van der Waals surface area (Å²) in [5.74, 6) is 1.13. The van der Waals surface area contributed by atoms with E-state index in [9.17, 15) is 4.79 Å². The molecule has 0 bridgehead atoms. The van der Waals surface area contributed by atoms with Gasteiger partial charge >= 0.3 is 0 Å². The summed E-state index contributed by atoms with van der Waals surface area (Å²) >= 11 is 0. The fourth-order valence-corrected chi connectivity index (χ4v) is 1.88. The zero-order valence-electron chi connectivity index (χ0n) is 11.9. The highest BCUT2D eigenvalue weighted by molar-refractivity contribution is 5.96. The normalized spacial score (nSPS) is 10.3. The summed E-state index contributed by atoms with van der Waals surface area (Å²) < 4.78 is 5.11. The maximum atomic E-state index is 11.7. The third-order valence-electron chi connectivity index (χ3n) is 3.06. The van der Waals surface area contributed by atoms with Gasteiger partial charge < -0.3 is 15.2 Å². The van der Waals surface area contributed by atoms with Crippen LogP contribution >= 0.6 is 0 Å². The summed E-state index contributed by atoms with van der Waals surface area (Å²) in [6.45, 7) is 4.31. The van der Waals surface area contributed by atoms with Gasteiger partial charge in [-0.3, -0.25) is 4.79 Å². The van der Waals surface area contributed by atoms with Gasteiger partial charge in [0.15, 0.2) is 5.82 Å². The van der Waals surface area contributed by atoms with E-state index in [1.807, 2.05) is 26.0 Å². The van der Waals surface area contributed by atoms with Crippen molar-refractivity contribution in [3.8, 4) is 0 Å². The van der Waals surface area contributed by atoms with Gasteiger partial charge in [-0.15, -0.1) is 0 Å². The van der Waals surface area contributed by atoms with Gasteiger partial charge in [0.1, 0.15) is 0 Å². The van der Waals surface area contributed by atoms with Crippen LogP contribution in [-0.2, 0) is 13.0 Å². The van der Waals surface area contributed by atoms with Crippen molar-refractivity contribution in [2.75, 3.05) is 12.4 Å². The Morgan fingerprint density at radius 2 is 2.20 bits per heavy atom. The molecule has 6 nitrogen and oxygen atoms in total. The van der Waals surface area contributed by atoms with Crippen LogP contribution in [0.1, 0.15) is 34.6 Å². The molecule has 2 rings (SSSR count). The minimum absolute atomic E-state index is 0.0998. The first-order valence-corrected chi connectivity index (χ1v) is 6.52. The molecule has 0 spiro atoms. The molecule has 2 N–H and O–H groups in total. The lowest BCUT2D eigenvalue weighted by Crippen LogP contribution is -2.19. The molecule has 106 valence electrons. The van der Waals surface area contributed by atoms with Crippen molar-refractivity contribution in [3.05, 3.63) is 41.0 Å². The Bertz CT molecular complexity index is 607. The van der Waals surface area contributed by atoms with Crippen LogP contribution in [0.2, 0.25) is 0 Å². The van der Waals surface area contributed by atoms with E-state index in [4.69, 9.17) is 4.52 Å². The molecule has 0 unspecified atom stereocenters. The number of rotatable bonds is 5. The van der Waals surface area contributed by atoms with Gasteiger partial charge in [0.25, 0.3) is 5.91 Å². The van der Waals surface area contributed by atoms with E-state index < -0.39 is 0 Å². The molecule has 0 fully saturated rings. The predicted molar refractivity (Wildman–Crippen MR) is 75.6 cm³/mol. The van der Waals surface area contributed by atoms with Crippen molar-refractivity contribution in [2.45, 2.75) is 26.8 Å². The standard InChI is InChI=1S/C14H18N4O2/c1-4-12-17-13(20-18-12)8-16-11-7-5-6-10(9(11)2)14(19)15-3/h5-7,16H,4,8H2,1-3H3,(H,15,19). The third kappa shape index (κ3) is 2.96. The fraction of sp³-hybridized carbons (Fsp3) is 0.357. The fourth-order valence-electron chi connectivity index (χ4n) is 1.88. The van der Waals surface area contributed by atoms with Gasteiger partial charge in [-0.05, 0) is 24.6 Å². The van der Waals surface area contributed by atoms with Crippen molar-refractivity contribution in [1.82, 2.24) is 15.5 Å². The Morgan fingerprint density at radius 1 is 1.40 bits per heavy atom. The molecular weight excluding hydrogens is 256 g/mol. The topological polar surface area (TPSA) is 80.0 Å². The summed E-state index contributed by atoms with van der Waals surface area (Å²) in [5.41, 5.74) is 2.42. The highest BCUT2D eigenvalue weighted by Gasteiger charge is 2.11. The SMILES string of the molecule is CCc1noc(CNc2cccc(C(=O)NC)c2C)n1. The van der Waals surface area contributed by atoms with Crippen LogP contribution < -0.4 is 10.6 Å². The van der Waals surface area contributed by atoms with Crippen molar-refractivity contribution >= 4 is 11.6 Å². The van der Waals surface area contributed by atoms with E-state index in [0.29, 0.717) is 23.8 Å². The first kappa shape index (κ1) is 14.0. The van der Waals surface area contributed by atoms with Crippen LogP contribution in [0.15, 0.2) is 22.7 Å². The maximum absolute atomic E-state index is 11.7. The van der Waals surface area contributed by atoms with Crippen LogP contribution in [0, 0.1) is 6.92 Å². The van der Waals surface area contributed by atoms with E-state index >= 15 is 0 Å². The van der Waals surface area contributed by atoms with Crippen LogP contribution in [0.4, 0.5) is 5.69 Å². The quantitative estimate of drug-likeness (QED) is 0.870. The van der Waals surface area contributed by atoms with Crippen LogP contribution in [0.25, 0.3) is 0 Å². The van der Waals surface area contributed by atoms with E-state index in [-0.39, 0.29) is 5.91 Å². The van der Waals surface area contributed by atoms with Gasteiger partial charge in [0, 0.05) is 24.7 Å². The minimum atomic E-state index is -0.0998. The number of benzene rings is 1. The highest BCUT2D eigenvalue weighted by Crippen LogP contribution is 2.19. The minimum Gasteiger partial charge on any atom is -0.376 e. The van der Waals surface area contributed by atoms with Crippen LogP contribution in [0.3, 0.4) is 0 Å². The van der Waals surface area contributed by atoms with Crippen molar-refractivity contribution < 1.29 is 9.32 Å². The lowest BCUT2D eigenvalue weighted by molar-refractivity contribution is 0.0962. The van der Waals surface area contributed by atoms with E-state index in [1.54, 1.807) is 13.1 Å². The van der Waals surface area contributed by atoms with Crippen LogP contribution in [-0.4, -0.2) is 23.1 Å². The highest BCUT2D eigenvalue weighted by atomic mass is 16.5. The summed E-state index contributed by atoms with van der Waals surface area (Å²) in [5, 5.41) is 9.67. The first-order valence-electron chi connectivity index (χ1n) is 6.52. The monoisotopic (exact) mass is 274 g/mol. The summed E-state index contributed by atoms with van der Waals surface area (Å²) in [6, 6.07) is 5.55. The second-order valence-corrected chi connectivity index (χ2v) is 4.37. The molecule has 0 saturated heterocycles. The molecule has 1 heterocycles. The molecule has 0 aliphatic heterocycles. The summed E-state index contributed by atoms with van der Waals surface area (Å²) in [4.78, 5) is 16.0. The number of nitrogens with one attached hydrogen (secondary N) is 2. The van der Waals surface area contributed by atoms with Gasteiger partial charge in [0.05, 0.1) is 6.54 Å². The molecule has 6 heteroatoms. The predicted octanol–water partition coefficient (Wildman–Crippen LogP) is 1.91. The molecule has 2 aromatic rings. The zero-order chi connectivity index (χ0) is 14.5. The number of hydrogen-bond acceptors (Lipinski definition) is 5. The molecule has 20 heavy (non-hydrogen) atoms. The number of hydrogen-bond donors (Lipinski definition) is 2. The molecule has 0 aliphatic rings. The van der Waals surface area contributed by atoms with Crippen molar-refractivity contribution in [2.24, 2.45) is 0 Å². The number of amides is 1. The average molecular weight is 274 g/mol. The lowest BCUT2D eigenvalue weighted by atomic mass is 10.1. The molecule has 1 aromatic heterocycles. The third-order valence-corrected chi connectivity index (χ3v) is 3.06. The molecule has 0 radical (unpaired) electrons. The van der Waals surface area contributed by atoms with Gasteiger partial charge in [0.2, 0.25) is 5.89 Å². The van der Waals surface area contributed by atoms with Gasteiger partial charge in [-0.2, -0.15) is 4.98 Å². The lowest BCUT2D eigenvalue weighted by Gasteiger charge is -2.11. The summed E-state index contributed by atoms with van der Waals surface area (Å²) in [6.07, 6.45) is 0.745. The largest absolute Gasteiger partial charge is 0.376 e. The molecule has 0 aliphatic carbocycles. The Morgan fingerprint density at radius 3 is 2.85 bits per heavy atom. The Kier molecular flexibility index (Phi) is 4.34. The Balaban J connectivity index is 2.11. The van der Waals surface area contributed by atoms with Gasteiger partial charge in [-0.25, -0.2) is 0 Å².